The molecule has 3 saturated heterocycles. The standard InChI is InChI=1S/C27H46N4OS2.C2H6.ClH/c1-22-20-23(2)27(24(3)21-22)34(32)31-12-7-9-26(31)8-5-6-19-33-30-17-15-29(16-18-30)25-10-13-28(4)14-11-25;1-2;/h20-21,25-26H,5-19H2,1-4H3;1-2H3;1H. The quantitative estimate of drug-likeness (QED) is 0.264. The number of hydrogen-bond acceptors (Lipinski definition) is 5. The van der Waals surface area contributed by atoms with Crippen LogP contribution >= 0.6 is 24.4 Å². The van der Waals surface area contributed by atoms with Crippen molar-refractivity contribution in [2.24, 2.45) is 0 Å². The highest BCUT2D eigenvalue weighted by atomic mass is 35.5. The second kappa shape index (κ2) is 16.8. The molecule has 4 rings (SSSR count). The summed E-state index contributed by atoms with van der Waals surface area (Å²) in [6.07, 6.45) is 8.75. The fourth-order valence-electron chi connectivity index (χ4n) is 6.11. The average Bonchev–Trinajstić information content (AvgIpc) is 3.34. The molecular weight excluding hydrogens is 520 g/mol. The second-order valence-electron chi connectivity index (χ2n) is 10.7. The topological polar surface area (TPSA) is 30.0 Å². The predicted octanol–water partition coefficient (Wildman–Crippen LogP) is 6.08. The summed E-state index contributed by atoms with van der Waals surface area (Å²) in [6.45, 7) is 18.7. The van der Waals surface area contributed by atoms with E-state index < -0.39 is 11.0 Å². The molecule has 0 aromatic heterocycles. The van der Waals surface area contributed by atoms with Gasteiger partial charge in [-0.3, -0.25) is 4.90 Å². The molecule has 37 heavy (non-hydrogen) atoms. The van der Waals surface area contributed by atoms with Crippen molar-refractivity contribution in [1.82, 2.24) is 18.4 Å². The summed E-state index contributed by atoms with van der Waals surface area (Å²) < 4.78 is 18.4. The summed E-state index contributed by atoms with van der Waals surface area (Å²) >= 11 is 2.06. The van der Waals surface area contributed by atoms with Gasteiger partial charge in [0.1, 0.15) is 11.0 Å². The Hall–Kier alpha value is -0.150. The molecule has 5 nitrogen and oxygen atoms in total. The van der Waals surface area contributed by atoms with Gasteiger partial charge in [-0.1, -0.05) is 49.9 Å². The van der Waals surface area contributed by atoms with Gasteiger partial charge >= 0.3 is 0 Å². The van der Waals surface area contributed by atoms with Crippen molar-refractivity contribution < 1.29 is 4.21 Å². The average molecular weight is 573 g/mol. The van der Waals surface area contributed by atoms with Crippen molar-refractivity contribution in [3.05, 3.63) is 28.8 Å². The molecule has 3 fully saturated rings. The molecule has 3 heterocycles. The van der Waals surface area contributed by atoms with Crippen molar-refractivity contribution in [3.63, 3.8) is 0 Å². The lowest BCUT2D eigenvalue weighted by Gasteiger charge is -2.41. The number of rotatable bonds is 9. The molecule has 3 aliphatic heterocycles. The molecule has 0 saturated carbocycles. The van der Waals surface area contributed by atoms with E-state index in [-0.39, 0.29) is 12.4 Å². The van der Waals surface area contributed by atoms with Crippen LogP contribution in [0.1, 0.15) is 75.5 Å². The van der Waals surface area contributed by atoms with Gasteiger partial charge in [-0.15, -0.1) is 12.4 Å². The first-order valence-electron chi connectivity index (χ1n) is 14.5. The molecule has 0 aliphatic carbocycles. The number of piperidine rings is 1. The number of benzene rings is 1. The number of hydrogen-bond donors (Lipinski definition) is 0. The monoisotopic (exact) mass is 572 g/mol. The SMILES string of the molecule is CC.Cc1cc(C)c(S(=O)N2CCCC2CCCCSN2CCN(C3CCN(C)CC3)CC2)c(C)c1.Cl. The van der Waals surface area contributed by atoms with Gasteiger partial charge in [-0.05, 0) is 90.6 Å². The Morgan fingerprint density at radius 1 is 0.892 bits per heavy atom. The summed E-state index contributed by atoms with van der Waals surface area (Å²) in [4.78, 5) is 6.26. The predicted molar refractivity (Wildman–Crippen MR) is 165 cm³/mol. The number of halogens is 1. The van der Waals surface area contributed by atoms with Gasteiger partial charge < -0.3 is 4.90 Å². The third-order valence-electron chi connectivity index (χ3n) is 8.00. The van der Waals surface area contributed by atoms with Crippen LogP contribution in [-0.4, -0.2) is 93.3 Å². The van der Waals surface area contributed by atoms with E-state index in [9.17, 15) is 4.21 Å². The van der Waals surface area contributed by atoms with Crippen LogP contribution in [0.4, 0.5) is 0 Å². The Bertz CT molecular complexity index is 803. The fraction of sp³-hybridized carbons (Fsp3) is 0.793. The first-order valence-corrected chi connectivity index (χ1v) is 16.5. The van der Waals surface area contributed by atoms with E-state index in [0.29, 0.717) is 6.04 Å². The van der Waals surface area contributed by atoms with E-state index in [4.69, 9.17) is 0 Å². The minimum absolute atomic E-state index is 0. The molecule has 0 spiro atoms. The van der Waals surface area contributed by atoms with Crippen LogP contribution in [0.15, 0.2) is 17.0 Å². The summed E-state index contributed by atoms with van der Waals surface area (Å²) in [7, 11) is 1.22. The van der Waals surface area contributed by atoms with E-state index >= 15 is 0 Å². The van der Waals surface area contributed by atoms with Crippen LogP contribution in [0.5, 0.6) is 0 Å². The molecule has 2 unspecified atom stereocenters. The summed E-state index contributed by atoms with van der Waals surface area (Å²) in [6, 6.07) is 5.64. The van der Waals surface area contributed by atoms with E-state index in [2.05, 4.69) is 70.3 Å². The molecule has 8 heteroatoms. The third-order valence-corrected chi connectivity index (χ3v) is 11.1. The number of piperazine rings is 1. The Morgan fingerprint density at radius 2 is 1.51 bits per heavy atom. The summed E-state index contributed by atoms with van der Waals surface area (Å²) in [5.74, 6) is 1.22. The molecule has 1 aromatic rings. The van der Waals surface area contributed by atoms with Crippen LogP contribution in [0, 0.1) is 20.8 Å². The minimum atomic E-state index is -1.03. The van der Waals surface area contributed by atoms with Gasteiger partial charge in [-0.25, -0.2) is 12.8 Å². The Morgan fingerprint density at radius 3 is 2.14 bits per heavy atom. The van der Waals surface area contributed by atoms with E-state index in [0.717, 1.165) is 17.5 Å². The van der Waals surface area contributed by atoms with E-state index in [1.807, 2.05) is 13.8 Å². The lowest BCUT2D eigenvalue weighted by Crippen LogP contribution is -2.51. The zero-order valence-corrected chi connectivity index (χ0v) is 26.8. The van der Waals surface area contributed by atoms with Gasteiger partial charge in [0, 0.05) is 50.6 Å². The molecule has 0 N–H and O–H groups in total. The van der Waals surface area contributed by atoms with Crippen molar-refractivity contribution in [1.29, 1.82) is 0 Å². The van der Waals surface area contributed by atoms with Gasteiger partial charge in [0.2, 0.25) is 0 Å². The van der Waals surface area contributed by atoms with Crippen molar-refractivity contribution in [2.45, 2.75) is 96.5 Å². The zero-order valence-electron chi connectivity index (χ0n) is 24.3. The summed E-state index contributed by atoms with van der Waals surface area (Å²) in [5, 5.41) is 0. The van der Waals surface area contributed by atoms with Crippen LogP contribution in [0.3, 0.4) is 0 Å². The van der Waals surface area contributed by atoms with E-state index in [1.54, 1.807) is 0 Å². The molecule has 3 aliphatic rings. The van der Waals surface area contributed by atoms with Crippen LogP contribution < -0.4 is 0 Å². The fourth-order valence-corrected chi connectivity index (χ4v) is 8.80. The number of unbranched alkanes of at least 4 members (excludes halogenated alkanes) is 1. The maximum Gasteiger partial charge on any atom is 0.128 e. The number of nitrogens with zero attached hydrogens (tertiary/aromatic N) is 4. The first kappa shape index (κ1) is 33.1. The molecule has 2 atom stereocenters. The third kappa shape index (κ3) is 9.47. The Labute approximate surface area is 241 Å². The Balaban J connectivity index is 0.00000157. The first-order chi connectivity index (χ1) is 17.4. The number of aryl methyl sites for hydroxylation is 3. The molecule has 0 bridgehead atoms. The smallest absolute Gasteiger partial charge is 0.128 e. The molecule has 0 radical (unpaired) electrons. The number of likely N-dealkylation sites (tertiary alicyclic amines) is 1. The van der Waals surface area contributed by atoms with Gasteiger partial charge in [0.25, 0.3) is 0 Å². The minimum Gasteiger partial charge on any atom is -0.306 e. The molecule has 0 amide bonds. The highest BCUT2D eigenvalue weighted by Gasteiger charge is 2.31. The van der Waals surface area contributed by atoms with Gasteiger partial charge in [-0.2, -0.15) is 0 Å². The molecule has 1 aromatic carbocycles. The molecular formula is C29H53ClN4OS2. The largest absolute Gasteiger partial charge is 0.306 e. The summed E-state index contributed by atoms with van der Waals surface area (Å²) in [5.41, 5.74) is 3.61. The van der Waals surface area contributed by atoms with E-state index in [1.165, 1.54) is 107 Å². The van der Waals surface area contributed by atoms with Crippen molar-refractivity contribution in [3.8, 4) is 0 Å². The van der Waals surface area contributed by atoms with Gasteiger partial charge in [0.15, 0.2) is 0 Å². The molecule has 214 valence electrons. The normalized spacial score (nSPS) is 23.4. The van der Waals surface area contributed by atoms with Crippen LogP contribution in [-0.2, 0) is 11.0 Å². The van der Waals surface area contributed by atoms with Crippen LogP contribution in [0.2, 0.25) is 0 Å². The van der Waals surface area contributed by atoms with Crippen molar-refractivity contribution >= 4 is 35.3 Å². The highest BCUT2D eigenvalue weighted by molar-refractivity contribution is 7.97. The lowest BCUT2D eigenvalue weighted by molar-refractivity contribution is 0.0919. The lowest BCUT2D eigenvalue weighted by atomic mass is 10.0. The van der Waals surface area contributed by atoms with Crippen molar-refractivity contribution in [2.75, 3.05) is 58.6 Å². The second-order valence-corrected chi connectivity index (χ2v) is 13.3. The zero-order chi connectivity index (χ0) is 26.1. The maximum atomic E-state index is 13.5. The highest BCUT2D eigenvalue weighted by Crippen LogP contribution is 2.30. The Kier molecular flexibility index (Phi) is 15.0. The maximum absolute atomic E-state index is 13.5. The van der Waals surface area contributed by atoms with Gasteiger partial charge in [0.05, 0.1) is 4.90 Å². The van der Waals surface area contributed by atoms with Crippen LogP contribution in [0.25, 0.3) is 0 Å².